The summed E-state index contributed by atoms with van der Waals surface area (Å²) in [5.41, 5.74) is 2.55. The molecule has 0 saturated carbocycles. The summed E-state index contributed by atoms with van der Waals surface area (Å²) < 4.78 is 32.4. The third-order valence-electron chi connectivity index (χ3n) is 7.30. The maximum atomic E-state index is 13.7. The van der Waals surface area contributed by atoms with Gasteiger partial charge in [-0.1, -0.05) is 42.5 Å². The minimum Gasteiger partial charge on any atom is -0.493 e. The van der Waals surface area contributed by atoms with E-state index >= 15 is 0 Å². The van der Waals surface area contributed by atoms with E-state index in [1.165, 1.54) is 11.8 Å². The Balaban J connectivity index is 1.40. The average molecular weight is 455 g/mol. The molecule has 2 aromatic rings. The van der Waals surface area contributed by atoms with Crippen molar-refractivity contribution in [2.75, 3.05) is 12.9 Å². The van der Waals surface area contributed by atoms with E-state index in [-0.39, 0.29) is 18.0 Å². The van der Waals surface area contributed by atoms with Crippen molar-refractivity contribution in [3.63, 3.8) is 0 Å². The van der Waals surface area contributed by atoms with Gasteiger partial charge in [-0.15, -0.1) is 0 Å². The van der Waals surface area contributed by atoms with Gasteiger partial charge >= 0.3 is 0 Å². The van der Waals surface area contributed by atoms with E-state index in [0.29, 0.717) is 19.4 Å². The van der Waals surface area contributed by atoms with Crippen molar-refractivity contribution in [1.29, 1.82) is 0 Å². The molecular weight excluding hydrogens is 424 g/mol. The molecule has 3 aliphatic rings. The van der Waals surface area contributed by atoms with E-state index in [9.17, 15) is 13.2 Å². The monoisotopic (exact) mass is 454 g/mol. The Kier molecular flexibility index (Phi) is 5.50. The SMILES string of the molecule is CS(=O)(=O)N1[C@@H]2CC[C@H]1[C@@](Cc1ccccc1)(C(=O)NCc1ccc3c(c1)CCCO3)C2. The molecule has 1 amide bonds. The topological polar surface area (TPSA) is 75.7 Å². The number of hydrogen-bond acceptors (Lipinski definition) is 4. The zero-order valence-electron chi connectivity index (χ0n) is 18.4. The van der Waals surface area contributed by atoms with Gasteiger partial charge in [-0.25, -0.2) is 8.42 Å². The molecule has 3 aliphatic heterocycles. The van der Waals surface area contributed by atoms with Crippen LogP contribution >= 0.6 is 0 Å². The van der Waals surface area contributed by atoms with Gasteiger partial charge in [0.2, 0.25) is 15.9 Å². The first-order valence-corrected chi connectivity index (χ1v) is 13.3. The van der Waals surface area contributed by atoms with Crippen LogP contribution in [-0.2, 0) is 34.2 Å². The molecular formula is C25H30N2O4S. The van der Waals surface area contributed by atoms with Gasteiger partial charge in [-0.2, -0.15) is 4.31 Å². The number of rotatable bonds is 6. The van der Waals surface area contributed by atoms with Crippen molar-refractivity contribution < 1.29 is 17.9 Å². The second kappa shape index (κ2) is 8.19. The van der Waals surface area contributed by atoms with Gasteiger partial charge < -0.3 is 10.1 Å². The Morgan fingerprint density at radius 2 is 1.97 bits per heavy atom. The zero-order chi connectivity index (χ0) is 22.3. The third kappa shape index (κ3) is 3.82. The Morgan fingerprint density at radius 3 is 2.72 bits per heavy atom. The molecule has 0 aliphatic carbocycles. The number of ether oxygens (including phenoxy) is 1. The van der Waals surface area contributed by atoms with Gasteiger partial charge in [0.05, 0.1) is 18.3 Å². The van der Waals surface area contributed by atoms with Crippen molar-refractivity contribution in [3.05, 3.63) is 65.2 Å². The van der Waals surface area contributed by atoms with Crippen LogP contribution in [0.2, 0.25) is 0 Å². The summed E-state index contributed by atoms with van der Waals surface area (Å²) in [6.45, 7) is 1.18. The number of hydrogen-bond donors (Lipinski definition) is 1. The van der Waals surface area contributed by atoms with Crippen LogP contribution in [0.5, 0.6) is 5.75 Å². The van der Waals surface area contributed by atoms with E-state index in [0.717, 1.165) is 49.2 Å². The first kappa shape index (κ1) is 21.5. The maximum absolute atomic E-state index is 13.7. The molecule has 6 nitrogen and oxygen atoms in total. The molecule has 1 N–H and O–H groups in total. The van der Waals surface area contributed by atoms with Crippen molar-refractivity contribution in [3.8, 4) is 5.75 Å². The van der Waals surface area contributed by atoms with Crippen LogP contribution in [0.25, 0.3) is 0 Å². The minimum absolute atomic E-state index is 0.0452. The minimum atomic E-state index is -3.37. The van der Waals surface area contributed by atoms with Crippen molar-refractivity contribution in [1.82, 2.24) is 9.62 Å². The number of fused-ring (bicyclic) bond motifs is 3. The van der Waals surface area contributed by atoms with E-state index in [1.54, 1.807) is 4.31 Å². The average Bonchev–Trinajstić information content (AvgIpc) is 3.35. The van der Waals surface area contributed by atoms with Gasteiger partial charge in [-0.3, -0.25) is 4.79 Å². The summed E-state index contributed by atoms with van der Waals surface area (Å²) in [6.07, 6.45) is 5.94. The number of sulfonamides is 1. The lowest BCUT2D eigenvalue weighted by Crippen LogP contribution is -2.51. The lowest BCUT2D eigenvalue weighted by molar-refractivity contribution is -0.132. The van der Waals surface area contributed by atoms with Gasteiger partial charge in [0.1, 0.15) is 5.75 Å². The number of nitrogens with one attached hydrogen (secondary N) is 1. The molecule has 7 heteroatoms. The molecule has 3 atom stereocenters. The van der Waals surface area contributed by atoms with Crippen molar-refractivity contribution in [2.45, 2.75) is 57.2 Å². The highest BCUT2D eigenvalue weighted by molar-refractivity contribution is 7.88. The highest BCUT2D eigenvalue weighted by atomic mass is 32.2. The molecule has 32 heavy (non-hydrogen) atoms. The van der Waals surface area contributed by atoms with Crippen LogP contribution in [0.4, 0.5) is 0 Å². The second-order valence-corrected chi connectivity index (χ2v) is 11.3. The maximum Gasteiger partial charge on any atom is 0.228 e. The largest absolute Gasteiger partial charge is 0.493 e. The Morgan fingerprint density at radius 1 is 1.16 bits per heavy atom. The van der Waals surface area contributed by atoms with Crippen molar-refractivity contribution in [2.24, 2.45) is 5.41 Å². The van der Waals surface area contributed by atoms with Crippen LogP contribution in [0.1, 0.15) is 42.4 Å². The Labute approximate surface area is 190 Å². The number of aryl methyl sites for hydroxylation is 1. The normalized spacial score (nSPS) is 27.0. The van der Waals surface area contributed by atoms with Crippen LogP contribution in [0, 0.1) is 5.41 Å². The number of carbonyl (C=O) groups is 1. The van der Waals surface area contributed by atoms with Crippen LogP contribution in [0.3, 0.4) is 0 Å². The number of nitrogens with zero attached hydrogens (tertiary/aromatic N) is 1. The molecule has 170 valence electrons. The summed E-state index contributed by atoms with van der Waals surface area (Å²) in [5, 5.41) is 3.16. The first-order chi connectivity index (χ1) is 15.4. The summed E-state index contributed by atoms with van der Waals surface area (Å²) >= 11 is 0. The second-order valence-electron chi connectivity index (χ2n) is 9.44. The number of amides is 1. The molecule has 0 radical (unpaired) electrons. The van der Waals surface area contributed by atoms with Gasteiger partial charge in [0.15, 0.2) is 0 Å². The first-order valence-electron chi connectivity index (χ1n) is 11.4. The standard InChI is InChI=1S/C25H30N2O4S/c1-32(29,30)27-21-10-12-23(27)25(16-21,15-18-6-3-2-4-7-18)24(28)26-17-19-9-11-22-20(14-19)8-5-13-31-22/h2-4,6-7,9,11,14,21,23H,5,8,10,12-13,15-17H2,1H3,(H,26,28)/t21-,23+,25+/m1/s1. The van der Waals surface area contributed by atoms with E-state index in [4.69, 9.17) is 4.74 Å². The molecule has 0 unspecified atom stereocenters. The number of benzene rings is 2. The molecule has 3 heterocycles. The smallest absolute Gasteiger partial charge is 0.228 e. The lowest BCUT2D eigenvalue weighted by atomic mass is 9.69. The molecule has 5 rings (SSSR count). The van der Waals surface area contributed by atoms with Crippen molar-refractivity contribution >= 4 is 15.9 Å². The Bertz CT molecular complexity index is 1120. The highest BCUT2D eigenvalue weighted by Gasteiger charge is 2.62. The molecule has 2 saturated heterocycles. The molecule has 0 aromatic heterocycles. The summed E-state index contributed by atoms with van der Waals surface area (Å²) in [6, 6.07) is 15.7. The fraction of sp³-hybridized carbons (Fsp3) is 0.480. The molecule has 0 spiro atoms. The summed E-state index contributed by atoms with van der Waals surface area (Å²) in [4.78, 5) is 13.7. The van der Waals surface area contributed by atoms with Crippen LogP contribution in [-0.4, -0.2) is 43.6 Å². The fourth-order valence-electron chi connectivity index (χ4n) is 5.99. The quantitative estimate of drug-likeness (QED) is 0.728. The highest BCUT2D eigenvalue weighted by Crippen LogP contribution is 2.52. The molecule has 2 bridgehead atoms. The molecule has 2 aromatic carbocycles. The Hall–Kier alpha value is -2.38. The zero-order valence-corrected chi connectivity index (χ0v) is 19.2. The lowest BCUT2D eigenvalue weighted by Gasteiger charge is -2.36. The fourth-order valence-corrected chi connectivity index (χ4v) is 7.48. The van der Waals surface area contributed by atoms with E-state index in [1.807, 2.05) is 42.5 Å². The van der Waals surface area contributed by atoms with Gasteiger partial charge in [0.25, 0.3) is 0 Å². The third-order valence-corrected chi connectivity index (χ3v) is 8.62. The van der Waals surface area contributed by atoms with Crippen LogP contribution < -0.4 is 10.1 Å². The van der Waals surface area contributed by atoms with Gasteiger partial charge in [0, 0.05) is 18.6 Å². The predicted octanol–water partition coefficient (Wildman–Crippen LogP) is 3.05. The summed E-state index contributed by atoms with van der Waals surface area (Å²) in [7, 11) is -3.37. The molecule has 2 fully saturated rings. The summed E-state index contributed by atoms with van der Waals surface area (Å²) in [5.74, 6) is 0.889. The predicted molar refractivity (Wildman–Crippen MR) is 123 cm³/mol. The van der Waals surface area contributed by atoms with E-state index < -0.39 is 15.4 Å². The van der Waals surface area contributed by atoms with Gasteiger partial charge in [-0.05, 0) is 61.3 Å². The number of carbonyl (C=O) groups excluding carboxylic acids is 1. The van der Waals surface area contributed by atoms with E-state index in [2.05, 4.69) is 11.4 Å². The van der Waals surface area contributed by atoms with Crippen LogP contribution in [0.15, 0.2) is 48.5 Å².